The smallest absolute Gasteiger partial charge is 0.229 e. The van der Waals surface area contributed by atoms with Gasteiger partial charge in [-0.05, 0) is 18.6 Å². The van der Waals surface area contributed by atoms with Crippen LogP contribution in [0.3, 0.4) is 0 Å². The molecule has 1 atom stereocenters. The Labute approximate surface area is 102 Å². The molecule has 2 amide bonds. The summed E-state index contributed by atoms with van der Waals surface area (Å²) >= 11 is 0. The summed E-state index contributed by atoms with van der Waals surface area (Å²) in [5, 5.41) is 4.76. The number of nitrogens with one attached hydrogen (secondary N) is 2. The maximum atomic E-state index is 13.3. The molecule has 96 valence electrons. The van der Waals surface area contributed by atoms with Crippen molar-refractivity contribution in [1.82, 2.24) is 5.32 Å². The van der Waals surface area contributed by atoms with E-state index in [1.807, 2.05) is 0 Å². The van der Waals surface area contributed by atoms with Gasteiger partial charge < -0.3 is 10.6 Å². The second-order valence-corrected chi connectivity index (χ2v) is 4.13. The van der Waals surface area contributed by atoms with Gasteiger partial charge in [-0.3, -0.25) is 9.59 Å². The van der Waals surface area contributed by atoms with Crippen LogP contribution in [-0.4, -0.2) is 18.4 Å². The van der Waals surface area contributed by atoms with Crippen LogP contribution in [0.5, 0.6) is 0 Å². The molecule has 1 aliphatic heterocycles. The molecule has 0 aromatic heterocycles. The Morgan fingerprint density at radius 3 is 2.56 bits per heavy atom. The van der Waals surface area contributed by atoms with Gasteiger partial charge in [0.2, 0.25) is 11.8 Å². The fraction of sp³-hybridized carbons (Fsp3) is 0.333. The molecule has 1 heterocycles. The number of piperidine rings is 1. The number of hydrogen-bond donors (Lipinski definition) is 2. The molecular weight excluding hydrogens is 242 g/mol. The summed E-state index contributed by atoms with van der Waals surface area (Å²) in [4.78, 5) is 22.7. The standard InChI is InChI=1S/C12H12F2N2O2/c13-8-2-1-3-9(14)11(8)16-12(18)7-4-5-10(17)15-6-7/h1-3,7H,4-6H2,(H,15,17)(H,16,18). The van der Waals surface area contributed by atoms with E-state index in [-0.39, 0.29) is 18.9 Å². The summed E-state index contributed by atoms with van der Waals surface area (Å²) in [6.45, 7) is 0.195. The number of rotatable bonds is 2. The second-order valence-electron chi connectivity index (χ2n) is 4.13. The van der Waals surface area contributed by atoms with Gasteiger partial charge in [0.1, 0.15) is 17.3 Å². The van der Waals surface area contributed by atoms with Crippen molar-refractivity contribution in [1.29, 1.82) is 0 Å². The van der Waals surface area contributed by atoms with Crippen LogP contribution in [0.1, 0.15) is 12.8 Å². The van der Waals surface area contributed by atoms with E-state index in [0.717, 1.165) is 12.1 Å². The molecule has 1 fully saturated rings. The van der Waals surface area contributed by atoms with Crippen LogP contribution in [0.2, 0.25) is 0 Å². The first-order chi connectivity index (χ1) is 8.58. The number of para-hydroxylation sites is 1. The van der Waals surface area contributed by atoms with Gasteiger partial charge in [-0.1, -0.05) is 6.07 Å². The molecule has 0 aliphatic carbocycles. The number of hydrogen-bond acceptors (Lipinski definition) is 2. The quantitative estimate of drug-likeness (QED) is 0.838. The van der Waals surface area contributed by atoms with Crippen molar-refractivity contribution in [3.05, 3.63) is 29.8 Å². The van der Waals surface area contributed by atoms with Crippen molar-refractivity contribution in [2.75, 3.05) is 11.9 Å². The van der Waals surface area contributed by atoms with Crippen LogP contribution < -0.4 is 10.6 Å². The number of halogens is 2. The number of carbonyl (C=O) groups is 2. The third-order valence-electron chi connectivity index (χ3n) is 2.85. The maximum absolute atomic E-state index is 13.3. The van der Waals surface area contributed by atoms with Crippen molar-refractivity contribution in [2.45, 2.75) is 12.8 Å². The van der Waals surface area contributed by atoms with Gasteiger partial charge in [0.05, 0.1) is 5.92 Å². The molecule has 1 aliphatic rings. The zero-order valence-corrected chi connectivity index (χ0v) is 9.50. The van der Waals surface area contributed by atoms with E-state index in [1.54, 1.807) is 0 Å². The summed E-state index contributed by atoms with van der Waals surface area (Å²) in [6.07, 6.45) is 0.631. The normalized spacial score (nSPS) is 19.2. The predicted molar refractivity (Wildman–Crippen MR) is 60.7 cm³/mol. The highest BCUT2D eigenvalue weighted by Gasteiger charge is 2.25. The van der Waals surface area contributed by atoms with Crippen LogP contribution in [-0.2, 0) is 9.59 Å². The van der Waals surface area contributed by atoms with Gasteiger partial charge in [-0.2, -0.15) is 0 Å². The summed E-state index contributed by atoms with van der Waals surface area (Å²) in [5.74, 6) is -2.69. The molecule has 1 aromatic carbocycles. The Hall–Kier alpha value is -1.98. The van der Waals surface area contributed by atoms with Gasteiger partial charge in [0, 0.05) is 13.0 Å². The van der Waals surface area contributed by atoms with E-state index in [9.17, 15) is 18.4 Å². The van der Waals surface area contributed by atoms with Crippen molar-refractivity contribution in [3.63, 3.8) is 0 Å². The summed E-state index contributed by atoms with van der Waals surface area (Å²) in [7, 11) is 0. The minimum Gasteiger partial charge on any atom is -0.355 e. The highest BCUT2D eigenvalue weighted by atomic mass is 19.1. The first kappa shape index (κ1) is 12.5. The lowest BCUT2D eigenvalue weighted by atomic mass is 9.98. The van der Waals surface area contributed by atoms with Crippen LogP contribution in [0.15, 0.2) is 18.2 Å². The predicted octanol–water partition coefficient (Wildman–Crippen LogP) is 1.43. The van der Waals surface area contributed by atoms with Crippen LogP contribution in [0.25, 0.3) is 0 Å². The van der Waals surface area contributed by atoms with E-state index in [2.05, 4.69) is 10.6 Å². The lowest BCUT2D eigenvalue weighted by molar-refractivity contribution is -0.126. The maximum Gasteiger partial charge on any atom is 0.229 e. The molecule has 1 saturated heterocycles. The van der Waals surface area contributed by atoms with E-state index < -0.39 is 29.1 Å². The fourth-order valence-corrected chi connectivity index (χ4v) is 1.80. The monoisotopic (exact) mass is 254 g/mol. The topological polar surface area (TPSA) is 58.2 Å². The van der Waals surface area contributed by atoms with Crippen molar-refractivity contribution in [2.24, 2.45) is 5.92 Å². The molecule has 1 aromatic rings. The highest BCUT2D eigenvalue weighted by Crippen LogP contribution is 2.20. The highest BCUT2D eigenvalue weighted by molar-refractivity contribution is 5.94. The minimum atomic E-state index is -0.816. The molecular formula is C12H12F2N2O2. The third-order valence-corrected chi connectivity index (χ3v) is 2.85. The average Bonchev–Trinajstić information content (AvgIpc) is 2.34. The molecule has 0 bridgehead atoms. The Kier molecular flexibility index (Phi) is 3.55. The molecule has 6 heteroatoms. The number of anilines is 1. The molecule has 0 spiro atoms. The molecule has 4 nitrogen and oxygen atoms in total. The molecule has 18 heavy (non-hydrogen) atoms. The lowest BCUT2D eigenvalue weighted by Gasteiger charge is -2.21. The average molecular weight is 254 g/mol. The third kappa shape index (κ3) is 2.64. The zero-order valence-electron chi connectivity index (χ0n) is 9.50. The summed E-state index contributed by atoms with van der Waals surface area (Å²) in [5.41, 5.74) is -0.445. The minimum absolute atomic E-state index is 0.115. The van der Waals surface area contributed by atoms with Gasteiger partial charge >= 0.3 is 0 Å². The van der Waals surface area contributed by atoms with Crippen molar-refractivity contribution < 1.29 is 18.4 Å². The van der Waals surface area contributed by atoms with Crippen LogP contribution >= 0.6 is 0 Å². The van der Waals surface area contributed by atoms with Crippen LogP contribution in [0.4, 0.5) is 14.5 Å². The SMILES string of the molecule is O=C1CCC(C(=O)Nc2c(F)cccc2F)CN1. The first-order valence-electron chi connectivity index (χ1n) is 5.59. The molecule has 2 rings (SSSR count). The Morgan fingerprint density at radius 2 is 2.00 bits per heavy atom. The number of amides is 2. The van der Waals surface area contributed by atoms with E-state index >= 15 is 0 Å². The molecule has 2 N–H and O–H groups in total. The van der Waals surface area contributed by atoms with Gasteiger partial charge in [-0.25, -0.2) is 8.78 Å². The number of carbonyl (C=O) groups excluding carboxylic acids is 2. The van der Waals surface area contributed by atoms with E-state index in [0.29, 0.717) is 6.42 Å². The molecule has 1 unspecified atom stereocenters. The fourth-order valence-electron chi connectivity index (χ4n) is 1.80. The van der Waals surface area contributed by atoms with Crippen LogP contribution in [0, 0.1) is 17.6 Å². The Balaban J connectivity index is 2.05. The van der Waals surface area contributed by atoms with Gasteiger partial charge in [0.25, 0.3) is 0 Å². The summed E-state index contributed by atoms with van der Waals surface area (Å²) in [6, 6.07) is 3.36. The summed E-state index contributed by atoms with van der Waals surface area (Å²) < 4.78 is 26.6. The van der Waals surface area contributed by atoms with E-state index in [4.69, 9.17) is 0 Å². The number of benzene rings is 1. The Bertz CT molecular complexity index is 461. The zero-order chi connectivity index (χ0) is 13.1. The second kappa shape index (κ2) is 5.12. The molecule has 0 radical (unpaired) electrons. The largest absolute Gasteiger partial charge is 0.355 e. The van der Waals surface area contributed by atoms with Gasteiger partial charge in [0.15, 0.2) is 0 Å². The lowest BCUT2D eigenvalue weighted by Crippen LogP contribution is -2.40. The Morgan fingerprint density at radius 1 is 1.33 bits per heavy atom. The van der Waals surface area contributed by atoms with Gasteiger partial charge in [-0.15, -0.1) is 0 Å². The van der Waals surface area contributed by atoms with Crippen molar-refractivity contribution >= 4 is 17.5 Å². The first-order valence-corrected chi connectivity index (χ1v) is 5.59. The van der Waals surface area contributed by atoms with E-state index in [1.165, 1.54) is 6.07 Å². The van der Waals surface area contributed by atoms with Crippen molar-refractivity contribution in [3.8, 4) is 0 Å². The molecule has 0 saturated carbocycles.